The van der Waals surface area contributed by atoms with Crippen molar-refractivity contribution in [3.63, 3.8) is 0 Å². The van der Waals surface area contributed by atoms with Gasteiger partial charge in [-0.2, -0.15) is 13.2 Å². The number of aliphatic hydroxyl groups excluding tert-OH is 1. The number of benzene rings is 3. The fourth-order valence-corrected chi connectivity index (χ4v) is 5.73. The van der Waals surface area contributed by atoms with Crippen LogP contribution < -0.4 is 4.74 Å². The molecule has 0 aliphatic heterocycles. The Kier molecular flexibility index (Phi) is 10.0. The predicted molar refractivity (Wildman–Crippen MR) is 146 cm³/mol. The van der Waals surface area contributed by atoms with Crippen molar-refractivity contribution in [1.82, 2.24) is 4.90 Å². The zero-order valence-electron chi connectivity index (χ0n) is 23.1. The van der Waals surface area contributed by atoms with Crippen LogP contribution in [0, 0.1) is 12.7 Å². The number of hydrogen-bond acceptors (Lipinski definition) is 5. The highest BCUT2D eigenvalue weighted by atomic mass is 32.2. The highest BCUT2D eigenvalue weighted by Crippen LogP contribution is 2.34. The fourth-order valence-electron chi connectivity index (χ4n) is 4.79. The van der Waals surface area contributed by atoms with Gasteiger partial charge in [0.25, 0.3) is 0 Å². The standard InChI is InChI=1S/C30H35F4NO4S/c1-21-22(10-8-13-26(21)30(32,33)34)18-35(20-29(2,3)23-11-6-5-7-12-23)14-9-15-39-24-16-27(31)25(19-36)28(17-24)40(4,37)38/h5-8,10-13,16-17,36H,9,14-15,18-20H2,1-4H3. The maximum absolute atomic E-state index is 14.4. The Morgan fingerprint density at radius 2 is 1.68 bits per heavy atom. The molecule has 0 saturated carbocycles. The second-order valence-corrected chi connectivity index (χ2v) is 12.5. The highest BCUT2D eigenvalue weighted by molar-refractivity contribution is 7.90. The van der Waals surface area contributed by atoms with Crippen molar-refractivity contribution in [2.75, 3.05) is 26.0 Å². The maximum Gasteiger partial charge on any atom is 0.416 e. The lowest BCUT2D eigenvalue weighted by atomic mass is 9.84. The summed E-state index contributed by atoms with van der Waals surface area (Å²) in [7, 11) is -3.80. The topological polar surface area (TPSA) is 66.8 Å². The summed E-state index contributed by atoms with van der Waals surface area (Å²) in [4.78, 5) is 1.73. The summed E-state index contributed by atoms with van der Waals surface area (Å²) in [5.74, 6) is -0.869. The third-order valence-electron chi connectivity index (χ3n) is 6.89. The van der Waals surface area contributed by atoms with E-state index in [4.69, 9.17) is 4.74 Å². The Bertz CT molecular complexity index is 1410. The van der Waals surface area contributed by atoms with Crippen LogP contribution in [-0.4, -0.2) is 44.4 Å². The Balaban J connectivity index is 1.79. The average molecular weight is 582 g/mol. The molecule has 40 heavy (non-hydrogen) atoms. The molecular formula is C30H35F4NO4S. The quantitative estimate of drug-likeness (QED) is 0.201. The van der Waals surface area contributed by atoms with Gasteiger partial charge in [0.15, 0.2) is 9.84 Å². The van der Waals surface area contributed by atoms with E-state index < -0.39 is 34.0 Å². The predicted octanol–water partition coefficient (Wildman–Crippen LogP) is 6.30. The molecule has 0 spiro atoms. The van der Waals surface area contributed by atoms with Gasteiger partial charge in [-0.15, -0.1) is 0 Å². The highest BCUT2D eigenvalue weighted by Gasteiger charge is 2.33. The second kappa shape index (κ2) is 12.7. The molecule has 0 aliphatic rings. The van der Waals surface area contributed by atoms with Crippen LogP contribution >= 0.6 is 0 Å². The number of hydrogen-bond donors (Lipinski definition) is 1. The van der Waals surface area contributed by atoms with Crippen molar-refractivity contribution < 1.29 is 35.8 Å². The third-order valence-corrected chi connectivity index (χ3v) is 8.06. The Hall–Kier alpha value is -2.95. The van der Waals surface area contributed by atoms with Gasteiger partial charge in [-0.05, 0) is 42.2 Å². The molecule has 0 unspecified atom stereocenters. The molecule has 1 N–H and O–H groups in total. The summed E-state index contributed by atoms with van der Waals surface area (Å²) >= 11 is 0. The molecule has 0 radical (unpaired) electrons. The molecule has 0 heterocycles. The number of nitrogens with zero attached hydrogens (tertiary/aromatic N) is 1. The smallest absolute Gasteiger partial charge is 0.416 e. The van der Waals surface area contributed by atoms with Crippen molar-refractivity contribution >= 4 is 9.84 Å². The van der Waals surface area contributed by atoms with Crippen LogP contribution in [0.5, 0.6) is 5.75 Å². The van der Waals surface area contributed by atoms with E-state index in [0.717, 1.165) is 24.0 Å². The molecule has 3 aromatic rings. The Morgan fingerprint density at radius 3 is 2.27 bits per heavy atom. The number of rotatable bonds is 12. The fraction of sp³-hybridized carbons (Fsp3) is 0.400. The summed E-state index contributed by atoms with van der Waals surface area (Å²) in [6, 6.07) is 16.2. The number of aliphatic hydroxyl groups is 1. The van der Waals surface area contributed by atoms with Gasteiger partial charge in [0.1, 0.15) is 11.6 Å². The molecule has 0 fully saturated rings. The zero-order chi connectivity index (χ0) is 29.7. The molecule has 0 atom stereocenters. The van der Waals surface area contributed by atoms with Crippen LogP contribution in [0.4, 0.5) is 17.6 Å². The molecule has 10 heteroatoms. The summed E-state index contributed by atoms with van der Waals surface area (Å²) in [6.45, 7) is 6.26. The van der Waals surface area contributed by atoms with E-state index in [0.29, 0.717) is 25.1 Å². The van der Waals surface area contributed by atoms with E-state index in [2.05, 4.69) is 18.7 Å². The lowest BCUT2D eigenvalue weighted by Crippen LogP contribution is -2.38. The number of ether oxygens (including phenoxy) is 1. The van der Waals surface area contributed by atoms with E-state index in [-0.39, 0.29) is 40.3 Å². The molecular weight excluding hydrogens is 546 g/mol. The molecule has 0 bridgehead atoms. The van der Waals surface area contributed by atoms with E-state index in [1.165, 1.54) is 19.1 Å². The van der Waals surface area contributed by atoms with Gasteiger partial charge < -0.3 is 9.84 Å². The minimum atomic E-state index is -4.45. The third kappa shape index (κ3) is 8.05. The molecule has 3 aromatic carbocycles. The normalized spacial score (nSPS) is 12.7. The first-order valence-corrected chi connectivity index (χ1v) is 14.7. The van der Waals surface area contributed by atoms with Gasteiger partial charge in [-0.3, -0.25) is 4.90 Å². The van der Waals surface area contributed by atoms with Gasteiger partial charge in [0.05, 0.1) is 23.7 Å². The second-order valence-electron chi connectivity index (χ2n) is 10.6. The molecule has 0 aromatic heterocycles. The SMILES string of the molecule is Cc1c(CN(CCCOc2cc(F)c(CO)c(S(C)(=O)=O)c2)CC(C)(C)c2ccccc2)cccc1C(F)(F)F. The largest absolute Gasteiger partial charge is 0.493 e. The molecule has 0 amide bonds. The first-order chi connectivity index (χ1) is 18.6. The number of alkyl halides is 3. The molecule has 3 rings (SSSR count). The van der Waals surface area contributed by atoms with E-state index in [9.17, 15) is 31.1 Å². The van der Waals surface area contributed by atoms with Gasteiger partial charge in [-0.1, -0.05) is 56.3 Å². The van der Waals surface area contributed by atoms with Crippen LogP contribution in [0.2, 0.25) is 0 Å². The molecule has 218 valence electrons. The van der Waals surface area contributed by atoms with E-state index >= 15 is 0 Å². The first kappa shape index (κ1) is 31.6. The zero-order valence-corrected chi connectivity index (χ0v) is 23.9. The monoisotopic (exact) mass is 581 g/mol. The number of halogens is 4. The van der Waals surface area contributed by atoms with E-state index in [1.807, 2.05) is 30.3 Å². The van der Waals surface area contributed by atoms with Crippen molar-refractivity contribution in [2.24, 2.45) is 0 Å². The first-order valence-electron chi connectivity index (χ1n) is 12.8. The van der Waals surface area contributed by atoms with Crippen molar-refractivity contribution in [2.45, 2.75) is 56.8 Å². The lowest BCUT2D eigenvalue weighted by molar-refractivity contribution is -0.138. The van der Waals surface area contributed by atoms with Gasteiger partial charge >= 0.3 is 6.18 Å². The van der Waals surface area contributed by atoms with Gasteiger partial charge in [0.2, 0.25) is 0 Å². The average Bonchev–Trinajstić information content (AvgIpc) is 2.86. The number of sulfone groups is 1. The van der Waals surface area contributed by atoms with Crippen LogP contribution in [0.3, 0.4) is 0 Å². The van der Waals surface area contributed by atoms with Crippen LogP contribution in [0.1, 0.15) is 48.1 Å². The van der Waals surface area contributed by atoms with Gasteiger partial charge in [-0.25, -0.2) is 12.8 Å². The summed E-state index contributed by atoms with van der Waals surface area (Å²) < 4.78 is 84.8. The Labute approximate surface area is 233 Å². The van der Waals surface area contributed by atoms with E-state index in [1.54, 1.807) is 6.07 Å². The summed E-state index contributed by atoms with van der Waals surface area (Å²) in [5.41, 5.74) is 0.544. The lowest BCUT2D eigenvalue weighted by Gasteiger charge is -2.34. The van der Waals surface area contributed by atoms with Crippen LogP contribution in [0.15, 0.2) is 65.6 Å². The van der Waals surface area contributed by atoms with Crippen molar-refractivity contribution in [1.29, 1.82) is 0 Å². The maximum atomic E-state index is 14.4. The summed E-state index contributed by atoms with van der Waals surface area (Å²) in [5, 5.41) is 9.39. The summed E-state index contributed by atoms with van der Waals surface area (Å²) in [6.07, 6.45) is -3.08. The van der Waals surface area contributed by atoms with Crippen molar-refractivity contribution in [3.05, 3.63) is 94.3 Å². The minimum Gasteiger partial charge on any atom is -0.493 e. The van der Waals surface area contributed by atoms with Crippen molar-refractivity contribution in [3.8, 4) is 5.75 Å². The molecule has 0 aliphatic carbocycles. The van der Waals surface area contributed by atoms with Crippen LogP contribution in [0.25, 0.3) is 0 Å². The van der Waals surface area contributed by atoms with Crippen LogP contribution in [-0.2, 0) is 34.6 Å². The minimum absolute atomic E-state index is 0.0139. The van der Waals surface area contributed by atoms with Gasteiger partial charge in [0, 0.05) is 42.9 Å². The molecule has 0 saturated heterocycles. The Morgan fingerprint density at radius 1 is 1.00 bits per heavy atom. The molecule has 5 nitrogen and oxygen atoms in total.